The van der Waals surface area contributed by atoms with Crippen molar-refractivity contribution in [2.75, 3.05) is 17.7 Å². The Morgan fingerprint density at radius 3 is 2.20 bits per heavy atom. The molecule has 0 spiro atoms. The smallest absolute Gasteiger partial charge is 0.323 e. The summed E-state index contributed by atoms with van der Waals surface area (Å²) in [5, 5.41) is 5.20. The average molecular weight is 363 g/mol. The van der Waals surface area contributed by atoms with E-state index in [1.54, 1.807) is 24.3 Å². The third-order valence-corrected chi connectivity index (χ3v) is 4.50. The fourth-order valence-corrected chi connectivity index (χ4v) is 2.99. The molecule has 132 valence electrons. The van der Waals surface area contributed by atoms with E-state index in [9.17, 15) is 18.0 Å². The molecule has 0 aliphatic rings. The largest absolute Gasteiger partial charge is 0.495 e. The molecule has 3 N–H and O–H groups in total. The normalized spacial score (nSPS) is 10.6. The van der Waals surface area contributed by atoms with Gasteiger partial charge in [-0.3, -0.25) is 4.79 Å². The van der Waals surface area contributed by atoms with E-state index in [-0.39, 0.29) is 4.90 Å². The summed E-state index contributed by atoms with van der Waals surface area (Å²) in [6.07, 6.45) is 0. The minimum absolute atomic E-state index is 0.0848. The van der Waals surface area contributed by atoms with Crippen LogP contribution in [-0.2, 0) is 14.8 Å². The van der Waals surface area contributed by atoms with Crippen LogP contribution in [0.25, 0.3) is 0 Å². The van der Waals surface area contributed by atoms with Gasteiger partial charge in [0.1, 0.15) is 5.75 Å². The minimum atomic E-state index is -3.91. The maximum atomic E-state index is 12.0. The predicted molar refractivity (Wildman–Crippen MR) is 93.1 cm³/mol. The zero-order valence-electron chi connectivity index (χ0n) is 13.6. The fraction of sp³-hybridized carbons (Fsp3) is 0.125. The summed E-state index contributed by atoms with van der Waals surface area (Å²) in [7, 11) is -2.41. The van der Waals surface area contributed by atoms with Gasteiger partial charge in [-0.1, -0.05) is 12.1 Å². The van der Waals surface area contributed by atoms with Gasteiger partial charge in [-0.2, -0.15) is 0 Å². The molecule has 0 unspecified atom stereocenters. The lowest BCUT2D eigenvalue weighted by molar-refractivity contribution is -0.117. The highest BCUT2D eigenvalue weighted by Crippen LogP contribution is 2.23. The zero-order valence-corrected chi connectivity index (χ0v) is 14.4. The first-order chi connectivity index (χ1) is 11.8. The Balaban J connectivity index is 2.06. The quantitative estimate of drug-likeness (QED) is 0.753. The van der Waals surface area contributed by atoms with Crippen molar-refractivity contribution in [1.82, 2.24) is 4.72 Å². The van der Waals surface area contributed by atoms with Crippen molar-refractivity contribution >= 4 is 33.3 Å². The van der Waals surface area contributed by atoms with E-state index in [1.165, 1.54) is 31.4 Å². The lowest BCUT2D eigenvalue weighted by Crippen LogP contribution is -2.28. The molecule has 0 aliphatic carbocycles. The number of anilines is 2. The lowest BCUT2D eigenvalue weighted by Gasteiger charge is -2.11. The van der Waals surface area contributed by atoms with E-state index in [0.717, 1.165) is 6.92 Å². The van der Waals surface area contributed by atoms with Gasteiger partial charge in [-0.25, -0.2) is 17.9 Å². The number of ether oxygens (including phenoxy) is 1. The van der Waals surface area contributed by atoms with Crippen molar-refractivity contribution in [2.45, 2.75) is 11.8 Å². The van der Waals surface area contributed by atoms with E-state index >= 15 is 0 Å². The summed E-state index contributed by atoms with van der Waals surface area (Å²) in [5.74, 6) is -0.173. The van der Waals surface area contributed by atoms with E-state index in [2.05, 4.69) is 10.6 Å². The number of benzene rings is 2. The van der Waals surface area contributed by atoms with Crippen molar-refractivity contribution in [3.63, 3.8) is 0 Å². The van der Waals surface area contributed by atoms with Crippen LogP contribution in [-0.4, -0.2) is 27.5 Å². The van der Waals surface area contributed by atoms with E-state index in [0.29, 0.717) is 17.1 Å². The van der Waals surface area contributed by atoms with Crippen LogP contribution in [0, 0.1) is 0 Å². The molecule has 2 aromatic rings. The highest BCUT2D eigenvalue weighted by atomic mass is 32.2. The van der Waals surface area contributed by atoms with Crippen molar-refractivity contribution < 1.29 is 22.7 Å². The van der Waals surface area contributed by atoms with Crippen LogP contribution >= 0.6 is 0 Å². The molecule has 3 amide bonds. The SMILES string of the molecule is COc1ccccc1NC(=O)Nc1ccc(S(=O)(=O)NC(C)=O)cc1. The molecular formula is C16H17N3O5S. The number of carbonyl (C=O) groups is 2. The van der Waals surface area contributed by atoms with Crippen LogP contribution in [0.5, 0.6) is 5.75 Å². The van der Waals surface area contributed by atoms with E-state index < -0.39 is 22.0 Å². The molecule has 25 heavy (non-hydrogen) atoms. The molecule has 0 aromatic heterocycles. The van der Waals surface area contributed by atoms with Gasteiger partial charge in [0.2, 0.25) is 5.91 Å². The second-order valence-corrected chi connectivity index (χ2v) is 6.65. The first-order valence-corrected chi connectivity index (χ1v) is 8.64. The van der Waals surface area contributed by atoms with Gasteiger partial charge in [0.05, 0.1) is 17.7 Å². The maximum absolute atomic E-state index is 12.0. The highest BCUT2D eigenvalue weighted by molar-refractivity contribution is 7.90. The van der Waals surface area contributed by atoms with Crippen LogP contribution in [0.1, 0.15) is 6.92 Å². The second kappa shape index (κ2) is 7.67. The van der Waals surface area contributed by atoms with Crippen LogP contribution in [0.2, 0.25) is 0 Å². The minimum Gasteiger partial charge on any atom is -0.495 e. The molecule has 0 heterocycles. The number of nitrogens with one attached hydrogen (secondary N) is 3. The third kappa shape index (κ3) is 4.95. The van der Waals surface area contributed by atoms with Gasteiger partial charge in [-0.05, 0) is 36.4 Å². The number of carbonyl (C=O) groups excluding carboxylic acids is 2. The van der Waals surface area contributed by atoms with Crippen LogP contribution < -0.4 is 20.1 Å². The van der Waals surface area contributed by atoms with Crippen LogP contribution in [0.3, 0.4) is 0 Å². The summed E-state index contributed by atoms with van der Waals surface area (Å²) < 4.78 is 30.7. The Morgan fingerprint density at radius 1 is 0.960 bits per heavy atom. The maximum Gasteiger partial charge on any atom is 0.323 e. The number of hydrogen-bond acceptors (Lipinski definition) is 5. The number of sulfonamides is 1. The van der Waals surface area contributed by atoms with Crippen molar-refractivity contribution in [3.8, 4) is 5.75 Å². The average Bonchev–Trinajstić information content (AvgIpc) is 2.54. The summed E-state index contributed by atoms with van der Waals surface area (Å²) in [6.45, 7) is 1.11. The first-order valence-electron chi connectivity index (χ1n) is 7.16. The molecular weight excluding hydrogens is 346 g/mol. The number of hydrogen-bond donors (Lipinski definition) is 3. The molecule has 0 bridgehead atoms. The number of rotatable bonds is 5. The van der Waals surface area contributed by atoms with E-state index in [1.807, 2.05) is 4.72 Å². The number of urea groups is 1. The molecule has 0 aliphatic heterocycles. The van der Waals surface area contributed by atoms with Crippen molar-refractivity contribution in [1.29, 1.82) is 0 Å². The third-order valence-electron chi connectivity index (χ3n) is 3.06. The standard InChI is InChI=1S/C16H17N3O5S/c1-11(20)19-25(22,23)13-9-7-12(8-10-13)17-16(21)18-14-5-3-4-6-15(14)24-2/h3-10H,1-2H3,(H,19,20)(H2,17,18,21). The van der Waals surface area contributed by atoms with Crippen molar-refractivity contribution in [2.24, 2.45) is 0 Å². The van der Waals surface area contributed by atoms with Gasteiger partial charge < -0.3 is 15.4 Å². The van der Waals surface area contributed by atoms with Crippen LogP contribution in [0.4, 0.5) is 16.2 Å². The summed E-state index contributed by atoms with van der Waals surface area (Å²) in [4.78, 5) is 22.8. The van der Waals surface area contributed by atoms with Gasteiger partial charge in [0, 0.05) is 12.6 Å². The van der Waals surface area contributed by atoms with Gasteiger partial charge in [-0.15, -0.1) is 0 Å². The van der Waals surface area contributed by atoms with E-state index in [4.69, 9.17) is 4.74 Å². The molecule has 9 heteroatoms. The number of amides is 3. The highest BCUT2D eigenvalue weighted by Gasteiger charge is 2.15. The molecule has 8 nitrogen and oxygen atoms in total. The Hall–Kier alpha value is -3.07. The molecule has 0 saturated heterocycles. The molecule has 0 atom stereocenters. The molecule has 0 radical (unpaired) electrons. The molecule has 2 rings (SSSR count). The van der Waals surface area contributed by atoms with Crippen LogP contribution in [0.15, 0.2) is 53.4 Å². The van der Waals surface area contributed by atoms with Gasteiger partial charge >= 0.3 is 6.03 Å². The summed E-state index contributed by atoms with van der Waals surface area (Å²) >= 11 is 0. The topological polar surface area (TPSA) is 114 Å². The summed E-state index contributed by atoms with van der Waals surface area (Å²) in [5.41, 5.74) is 0.876. The molecule has 0 fully saturated rings. The Bertz CT molecular complexity index is 879. The number of para-hydroxylation sites is 2. The summed E-state index contributed by atoms with van der Waals surface area (Å²) in [6, 6.07) is 11.8. The zero-order chi connectivity index (χ0) is 18.4. The molecule has 0 saturated carbocycles. The second-order valence-electron chi connectivity index (χ2n) is 4.97. The lowest BCUT2D eigenvalue weighted by atomic mass is 10.3. The monoisotopic (exact) mass is 363 g/mol. The Kier molecular flexibility index (Phi) is 5.60. The predicted octanol–water partition coefficient (Wildman–Crippen LogP) is 2.16. The number of methoxy groups -OCH3 is 1. The van der Waals surface area contributed by atoms with Gasteiger partial charge in [0.15, 0.2) is 0 Å². The van der Waals surface area contributed by atoms with Crippen molar-refractivity contribution in [3.05, 3.63) is 48.5 Å². The van der Waals surface area contributed by atoms with Gasteiger partial charge in [0.25, 0.3) is 10.0 Å². The first kappa shape index (κ1) is 18.3. The Morgan fingerprint density at radius 2 is 1.60 bits per heavy atom. The fourth-order valence-electron chi connectivity index (χ4n) is 2.00. The molecule has 2 aromatic carbocycles. The Labute approximate surface area is 145 Å².